The maximum Gasteiger partial charge on any atom is 0.251 e. The van der Waals surface area contributed by atoms with E-state index >= 15 is 0 Å². The molecule has 1 N–H and O–H groups in total. The number of carbonyl (C=O) groups excluding carboxylic acids is 3. The van der Waals surface area contributed by atoms with Gasteiger partial charge in [0.15, 0.2) is 0 Å². The van der Waals surface area contributed by atoms with Crippen LogP contribution < -0.4 is 19.3 Å². The molecule has 0 aliphatic carbocycles. The molecule has 5 rings (SSSR count). The van der Waals surface area contributed by atoms with E-state index in [0.29, 0.717) is 42.3 Å². The van der Waals surface area contributed by atoms with E-state index < -0.39 is 27.4 Å². The lowest BCUT2D eigenvalue weighted by Crippen LogP contribution is -2.55. The Kier molecular flexibility index (Phi) is 9.13. The van der Waals surface area contributed by atoms with Crippen LogP contribution in [0.4, 0.5) is 11.4 Å². The second-order valence-corrected chi connectivity index (χ2v) is 13.5. The Balaban J connectivity index is 1.54. The highest BCUT2D eigenvalue weighted by atomic mass is 32.2. The van der Waals surface area contributed by atoms with Crippen molar-refractivity contribution >= 4 is 40.9 Å². The Bertz CT molecular complexity index is 1420. The average Bonchev–Trinajstić information content (AvgIpc) is 3.59. The van der Waals surface area contributed by atoms with E-state index in [0.717, 1.165) is 0 Å². The molecule has 3 heterocycles. The number of β-amino-alcohol motifs (C(OH)–C–C–N with tert-alkyl or cyclic N) is 1. The van der Waals surface area contributed by atoms with Gasteiger partial charge < -0.3 is 29.3 Å². The summed E-state index contributed by atoms with van der Waals surface area (Å²) >= 11 is 1.60. The van der Waals surface area contributed by atoms with E-state index in [9.17, 15) is 19.5 Å². The van der Waals surface area contributed by atoms with Crippen molar-refractivity contribution in [3.05, 3.63) is 73.8 Å². The molecule has 3 aliphatic heterocycles. The highest BCUT2D eigenvalue weighted by Crippen LogP contribution is 2.71. The Morgan fingerprint density at radius 3 is 2.09 bits per heavy atom. The molecule has 1 spiro atoms. The van der Waals surface area contributed by atoms with Gasteiger partial charge in [0.25, 0.3) is 5.91 Å². The number of nitrogens with zero attached hydrogens (tertiary/aromatic N) is 3. The molecular weight excluding hydrogens is 578 g/mol. The molecule has 0 radical (unpaired) electrons. The van der Waals surface area contributed by atoms with Gasteiger partial charge >= 0.3 is 0 Å². The summed E-state index contributed by atoms with van der Waals surface area (Å²) in [6.07, 6.45) is 4.63. The number of ether oxygens (including phenoxy) is 2. The van der Waals surface area contributed by atoms with Crippen molar-refractivity contribution in [3.63, 3.8) is 0 Å². The molecule has 3 amide bonds. The van der Waals surface area contributed by atoms with Gasteiger partial charge in [0.2, 0.25) is 11.8 Å². The summed E-state index contributed by atoms with van der Waals surface area (Å²) in [5, 5.41) is 10.0. The first-order valence-corrected chi connectivity index (χ1v) is 15.8. The minimum absolute atomic E-state index is 0.00544. The smallest absolute Gasteiger partial charge is 0.251 e. The van der Waals surface area contributed by atoms with Crippen LogP contribution in [0.15, 0.2) is 73.8 Å². The SMILES string of the molecule is C=CCN(C(=O)C1N(CCO)C(=O)[C@@H]2[C@@H](C(=O)N(CC=C)c3ccc(OCC)cc3)[C@@]3(C)CCC12S3)c1ccc(OC)cc1. The Morgan fingerprint density at radius 1 is 1.00 bits per heavy atom. The molecule has 3 fully saturated rings. The van der Waals surface area contributed by atoms with E-state index in [1.807, 2.05) is 38.1 Å². The predicted octanol–water partition coefficient (Wildman–Crippen LogP) is 4.31. The summed E-state index contributed by atoms with van der Waals surface area (Å²) in [6.45, 7) is 12.5. The molecule has 10 heteroatoms. The van der Waals surface area contributed by atoms with Crippen molar-refractivity contribution in [2.24, 2.45) is 11.8 Å². The Hall–Kier alpha value is -3.76. The van der Waals surface area contributed by atoms with Crippen molar-refractivity contribution in [1.82, 2.24) is 4.90 Å². The van der Waals surface area contributed by atoms with Gasteiger partial charge in [-0.25, -0.2) is 0 Å². The van der Waals surface area contributed by atoms with Gasteiger partial charge in [-0.05, 0) is 75.2 Å². The van der Waals surface area contributed by atoms with Crippen LogP contribution in [-0.4, -0.2) is 83.2 Å². The van der Waals surface area contributed by atoms with Crippen molar-refractivity contribution in [3.8, 4) is 11.5 Å². The van der Waals surface area contributed by atoms with Crippen LogP contribution in [0, 0.1) is 11.8 Å². The number of rotatable bonds is 13. The number of thioether (sulfide) groups is 1. The molecule has 0 saturated carbocycles. The van der Waals surface area contributed by atoms with Crippen LogP contribution in [-0.2, 0) is 14.4 Å². The number of fused-ring (bicyclic) bond motifs is 1. The highest BCUT2D eigenvalue weighted by Gasteiger charge is 2.77. The molecule has 2 aromatic carbocycles. The lowest BCUT2D eigenvalue weighted by Gasteiger charge is -2.38. The summed E-state index contributed by atoms with van der Waals surface area (Å²) in [5.41, 5.74) is 1.33. The predicted molar refractivity (Wildman–Crippen MR) is 173 cm³/mol. The van der Waals surface area contributed by atoms with E-state index in [4.69, 9.17) is 9.47 Å². The average molecular weight is 620 g/mol. The largest absolute Gasteiger partial charge is 0.497 e. The summed E-state index contributed by atoms with van der Waals surface area (Å²) < 4.78 is 9.53. The number of amides is 3. The van der Waals surface area contributed by atoms with Crippen LogP contribution in [0.2, 0.25) is 0 Å². The van der Waals surface area contributed by atoms with Crippen LogP contribution >= 0.6 is 11.8 Å². The zero-order valence-electron chi connectivity index (χ0n) is 25.6. The number of methoxy groups -OCH3 is 1. The molecule has 2 aromatic rings. The fourth-order valence-corrected chi connectivity index (χ4v) is 9.64. The first-order chi connectivity index (χ1) is 21.2. The lowest BCUT2D eigenvalue weighted by atomic mass is 9.66. The molecule has 3 saturated heterocycles. The van der Waals surface area contributed by atoms with Gasteiger partial charge in [-0.3, -0.25) is 14.4 Å². The molecule has 9 nitrogen and oxygen atoms in total. The van der Waals surface area contributed by atoms with Gasteiger partial charge in [0.1, 0.15) is 17.5 Å². The fourth-order valence-electron chi connectivity index (χ4n) is 7.30. The molecular formula is C34H41N3O6S. The number of hydrogen-bond acceptors (Lipinski definition) is 7. The van der Waals surface area contributed by atoms with Crippen LogP contribution in [0.25, 0.3) is 0 Å². The molecule has 3 aliphatic rings. The zero-order chi connectivity index (χ0) is 31.6. The molecule has 5 atom stereocenters. The number of aliphatic hydroxyl groups is 1. The monoisotopic (exact) mass is 619 g/mol. The number of aliphatic hydroxyl groups excluding tert-OH is 1. The minimum atomic E-state index is -0.850. The van der Waals surface area contributed by atoms with Gasteiger partial charge in [-0.2, -0.15) is 0 Å². The summed E-state index contributed by atoms with van der Waals surface area (Å²) in [6, 6.07) is 13.7. The number of hydrogen-bond donors (Lipinski definition) is 1. The Labute approximate surface area is 263 Å². The lowest BCUT2D eigenvalue weighted by molar-refractivity contribution is -0.140. The molecule has 2 bridgehead atoms. The first-order valence-electron chi connectivity index (χ1n) is 15.0. The highest BCUT2D eigenvalue weighted by molar-refractivity contribution is 8.02. The van der Waals surface area contributed by atoms with Gasteiger partial charge in [0, 0.05) is 35.8 Å². The molecule has 0 aromatic heterocycles. The van der Waals surface area contributed by atoms with Crippen LogP contribution in [0.3, 0.4) is 0 Å². The minimum Gasteiger partial charge on any atom is -0.497 e. The third-order valence-electron chi connectivity index (χ3n) is 9.12. The van der Waals surface area contributed by atoms with Crippen molar-refractivity contribution in [2.75, 3.05) is 49.8 Å². The molecule has 44 heavy (non-hydrogen) atoms. The van der Waals surface area contributed by atoms with Crippen LogP contribution in [0.5, 0.6) is 11.5 Å². The normalized spacial score (nSPS) is 26.7. The maximum absolute atomic E-state index is 14.6. The number of benzene rings is 2. The van der Waals surface area contributed by atoms with Gasteiger partial charge in [0.05, 0.1) is 36.9 Å². The fraction of sp³-hybridized carbons (Fsp3) is 0.441. The maximum atomic E-state index is 14.6. The van der Waals surface area contributed by atoms with E-state index in [1.54, 1.807) is 65.1 Å². The third kappa shape index (κ3) is 5.17. The number of carbonyl (C=O) groups is 3. The van der Waals surface area contributed by atoms with E-state index in [-0.39, 0.29) is 44.0 Å². The standard InChI is InChI=1S/C34H41N3O6S/c1-6-19-35(23-11-15-26(16-12-23)43-8-3)30(39)27-28-31(40)37(21-22-38)29(34(28)18-17-33(27,4)44-34)32(41)36(20-7-2)24-9-13-25(42-5)14-10-24/h6-7,9-16,27-29,38H,1-2,8,17-22H2,3-5H3/t27-,28-,29?,33+,34?/m0/s1. The summed E-state index contributed by atoms with van der Waals surface area (Å²) in [7, 11) is 1.58. The summed E-state index contributed by atoms with van der Waals surface area (Å²) in [5.74, 6) is -0.685. The number of anilines is 2. The second kappa shape index (κ2) is 12.7. The van der Waals surface area contributed by atoms with Crippen molar-refractivity contribution < 1.29 is 29.0 Å². The van der Waals surface area contributed by atoms with Gasteiger partial charge in [-0.15, -0.1) is 24.9 Å². The second-order valence-electron chi connectivity index (χ2n) is 11.6. The Morgan fingerprint density at radius 2 is 1.57 bits per heavy atom. The summed E-state index contributed by atoms with van der Waals surface area (Å²) in [4.78, 5) is 48.4. The van der Waals surface area contributed by atoms with Gasteiger partial charge in [-0.1, -0.05) is 12.2 Å². The molecule has 234 valence electrons. The quantitative estimate of drug-likeness (QED) is 0.334. The van der Waals surface area contributed by atoms with E-state index in [2.05, 4.69) is 13.2 Å². The third-order valence-corrected chi connectivity index (χ3v) is 11.1. The first kappa shape index (κ1) is 31.7. The van der Waals surface area contributed by atoms with Crippen molar-refractivity contribution in [1.29, 1.82) is 0 Å². The molecule has 2 unspecified atom stereocenters. The van der Waals surface area contributed by atoms with Crippen molar-refractivity contribution in [2.45, 2.75) is 42.2 Å². The number of likely N-dealkylation sites (tertiary alicyclic amines) is 1. The van der Waals surface area contributed by atoms with Crippen LogP contribution in [0.1, 0.15) is 26.7 Å². The topological polar surface area (TPSA) is 99.6 Å². The zero-order valence-corrected chi connectivity index (χ0v) is 26.4. The van der Waals surface area contributed by atoms with E-state index in [1.165, 1.54) is 4.90 Å².